The monoisotopic (exact) mass is 340 g/mol. The highest BCUT2D eigenvalue weighted by Gasteiger charge is 2.56. The third-order valence-electron chi connectivity index (χ3n) is 6.47. The molecule has 3 atom stereocenters. The molecular formula is C20H24N2O3. The summed E-state index contributed by atoms with van der Waals surface area (Å²) in [4.78, 5) is 28.0. The minimum Gasteiger partial charge on any atom is -0.396 e. The molecule has 0 spiro atoms. The summed E-state index contributed by atoms with van der Waals surface area (Å²) < 4.78 is 1.56. The summed E-state index contributed by atoms with van der Waals surface area (Å²) >= 11 is 0. The second-order valence-electron chi connectivity index (χ2n) is 7.52. The average Bonchev–Trinajstić information content (AvgIpc) is 3.20. The van der Waals surface area contributed by atoms with Crippen molar-refractivity contribution in [2.45, 2.75) is 44.7 Å². The van der Waals surface area contributed by atoms with Gasteiger partial charge in [0.1, 0.15) is 5.56 Å². The predicted molar refractivity (Wildman–Crippen MR) is 96.6 cm³/mol. The Morgan fingerprint density at radius 1 is 1.32 bits per heavy atom. The molecule has 2 aromatic rings. The predicted octanol–water partition coefficient (Wildman–Crippen LogP) is 2.30. The molecule has 0 saturated carbocycles. The highest BCUT2D eigenvalue weighted by molar-refractivity contribution is 5.98. The number of aryl methyl sites for hydroxylation is 1. The van der Waals surface area contributed by atoms with Crippen LogP contribution in [-0.2, 0) is 7.05 Å². The van der Waals surface area contributed by atoms with Crippen molar-refractivity contribution in [2.75, 3.05) is 6.61 Å². The highest BCUT2D eigenvalue weighted by atomic mass is 16.3. The van der Waals surface area contributed by atoms with Crippen LogP contribution >= 0.6 is 0 Å². The van der Waals surface area contributed by atoms with Gasteiger partial charge in [0, 0.05) is 24.5 Å². The number of hydrogen-bond donors (Lipinski definition) is 1. The van der Waals surface area contributed by atoms with Crippen molar-refractivity contribution in [3.05, 3.63) is 46.2 Å². The van der Waals surface area contributed by atoms with Crippen LogP contribution in [0.3, 0.4) is 0 Å². The molecule has 0 radical (unpaired) electrons. The molecule has 5 heteroatoms. The zero-order valence-electron chi connectivity index (χ0n) is 14.7. The van der Waals surface area contributed by atoms with Gasteiger partial charge in [0.15, 0.2) is 0 Å². The van der Waals surface area contributed by atoms with Gasteiger partial charge in [-0.3, -0.25) is 9.59 Å². The molecule has 2 saturated heterocycles. The maximum Gasteiger partial charge on any atom is 0.263 e. The van der Waals surface area contributed by atoms with Gasteiger partial charge < -0.3 is 14.6 Å². The van der Waals surface area contributed by atoms with Crippen molar-refractivity contribution in [3.63, 3.8) is 0 Å². The third kappa shape index (κ3) is 2.18. The number of benzene rings is 1. The number of para-hydroxylation sites is 1. The topological polar surface area (TPSA) is 62.5 Å². The lowest BCUT2D eigenvalue weighted by molar-refractivity contribution is 0.0555. The van der Waals surface area contributed by atoms with Crippen LogP contribution in [0.1, 0.15) is 43.0 Å². The molecule has 4 rings (SSSR count). The van der Waals surface area contributed by atoms with Crippen LogP contribution < -0.4 is 5.56 Å². The van der Waals surface area contributed by atoms with Crippen LogP contribution in [0.5, 0.6) is 0 Å². The largest absolute Gasteiger partial charge is 0.396 e. The van der Waals surface area contributed by atoms with E-state index in [1.54, 1.807) is 17.7 Å². The average molecular weight is 340 g/mol. The minimum absolute atomic E-state index is 0.0381. The van der Waals surface area contributed by atoms with Crippen LogP contribution in [0.4, 0.5) is 0 Å². The Kier molecular flexibility index (Phi) is 3.72. The highest BCUT2D eigenvalue weighted by Crippen LogP contribution is 2.51. The number of carbonyl (C=O) groups is 1. The molecule has 132 valence electrons. The molecule has 2 aliphatic heterocycles. The molecule has 1 aromatic carbocycles. The van der Waals surface area contributed by atoms with Gasteiger partial charge in [-0.15, -0.1) is 0 Å². The number of aromatic nitrogens is 1. The molecule has 1 aromatic heterocycles. The first kappa shape index (κ1) is 16.3. The van der Waals surface area contributed by atoms with Gasteiger partial charge in [0.2, 0.25) is 0 Å². The zero-order valence-corrected chi connectivity index (χ0v) is 14.7. The Balaban J connectivity index is 1.79. The first-order chi connectivity index (χ1) is 12.0. The quantitative estimate of drug-likeness (QED) is 0.933. The number of hydrogen-bond acceptors (Lipinski definition) is 3. The smallest absolute Gasteiger partial charge is 0.263 e. The molecule has 1 N–H and O–H groups in total. The first-order valence-corrected chi connectivity index (χ1v) is 9.04. The summed E-state index contributed by atoms with van der Waals surface area (Å²) in [6.07, 6.45) is 3.57. The second-order valence-corrected chi connectivity index (χ2v) is 7.52. The summed E-state index contributed by atoms with van der Waals surface area (Å²) in [5.41, 5.74) is 0.608. The van der Waals surface area contributed by atoms with E-state index in [2.05, 4.69) is 6.92 Å². The summed E-state index contributed by atoms with van der Waals surface area (Å²) in [5.74, 6) is -0.178. The van der Waals surface area contributed by atoms with Crippen LogP contribution in [-0.4, -0.2) is 39.2 Å². The summed E-state index contributed by atoms with van der Waals surface area (Å²) in [6.45, 7) is 2.18. The Bertz CT molecular complexity index is 897. The number of fused-ring (bicyclic) bond motifs is 3. The normalized spacial score (nSPS) is 28.0. The number of rotatable bonds is 3. The lowest BCUT2D eigenvalue weighted by atomic mass is 9.72. The fourth-order valence-electron chi connectivity index (χ4n) is 4.97. The van der Waals surface area contributed by atoms with Crippen molar-refractivity contribution in [1.29, 1.82) is 0 Å². The van der Waals surface area contributed by atoms with Crippen LogP contribution in [0.2, 0.25) is 0 Å². The Morgan fingerprint density at radius 2 is 2.08 bits per heavy atom. The number of aliphatic hydroxyl groups excluding tert-OH is 1. The number of nitrogens with zero attached hydrogens (tertiary/aromatic N) is 2. The maximum absolute atomic E-state index is 13.3. The van der Waals surface area contributed by atoms with Crippen LogP contribution in [0.25, 0.3) is 10.9 Å². The standard InChI is InChI=1S/C20H24N2O3/c1-3-20(12-23)11-14-8-9-17(20)22(14)19(25)15-10-13-6-4-5-7-16(13)21(2)18(15)24/h4-7,10,14,17,23H,3,8-9,11-12H2,1-2H3/t14-,17+,20-/m0/s1. The van der Waals surface area contributed by atoms with Crippen molar-refractivity contribution in [3.8, 4) is 0 Å². The van der Waals surface area contributed by atoms with E-state index in [1.807, 2.05) is 29.2 Å². The van der Waals surface area contributed by atoms with Crippen molar-refractivity contribution >= 4 is 16.8 Å². The molecule has 1 amide bonds. The molecule has 2 fully saturated rings. The minimum atomic E-state index is -0.249. The molecule has 2 aliphatic rings. The van der Waals surface area contributed by atoms with Gasteiger partial charge in [0.25, 0.3) is 11.5 Å². The van der Waals surface area contributed by atoms with E-state index in [-0.39, 0.29) is 41.1 Å². The lowest BCUT2D eigenvalue weighted by Gasteiger charge is -2.34. The fraction of sp³-hybridized carbons (Fsp3) is 0.500. The van der Waals surface area contributed by atoms with Gasteiger partial charge in [-0.05, 0) is 43.2 Å². The van der Waals surface area contributed by atoms with Gasteiger partial charge in [-0.2, -0.15) is 0 Å². The molecular weight excluding hydrogens is 316 g/mol. The molecule has 0 aliphatic carbocycles. The summed E-state index contributed by atoms with van der Waals surface area (Å²) in [7, 11) is 1.71. The first-order valence-electron chi connectivity index (χ1n) is 9.04. The number of carbonyl (C=O) groups excluding carboxylic acids is 1. The number of amides is 1. The third-order valence-corrected chi connectivity index (χ3v) is 6.47. The SMILES string of the molecule is CC[C@@]1(CO)C[C@@H]2CC[C@H]1N2C(=O)c1cc2ccccc2n(C)c1=O. The van der Waals surface area contributed by atoms with Crippen molar-refractivity contribution < 1.29 is 9.90 Å². The molecule has 5 nitrogen and oxygen atoms in total. The molecule has 3 heterocycles. The van der Waals surface area contributed by atoms with E-state index < -0.39 is 0 Å². The lowest BCUT2D eigenvalue weighted by Crippen LogP contribution is -2.44. The van der Waals surface area contributed by atoms with Gasteiger partial charge >= 0.3 is 0 Å². The zero-order chi connectivity index (χ0) is 17.8. The summed E-state index contributed by atoms with van der Waals surface area (Å²) in [6, 6.07) is 9.52. The van der Waals surface area contributed by atoms with E-state index in [9.17, 15) is 14.7 Å². The molecule has 0 unspecified atom stereocenters. The molecule has 2 bridgehead atoms. The fourth-order valence-corrected chi connectivity index (χ4v) is 4.97. The molecule has 25 heavy (non-hydrogen) atoms. The second kappa shape index (κ2) is 5.70. The maximum atomic E-state index is 13.3. The van der Waals surface area contributed by atoms with E-state index in [0.717, 1.165) is 36.6 Å². The number of aliphatic hydroxyl groups is 1. The van der Waals surface area contributed by atoms with E-state index in [4.69, 9.17) is 0 Å². The number of pyridine rings is 1. The Morgan fingerprint density at radius 3 is 2.76 bits per heavy atom. The van der Waals surface area contributed by atoms with Gasteiger partial charge in [-0.1, -0.05) is 25.1 Å². The van der Waals surface area contributed by atoms with Crippen molar-refractivity contribution in [1.82, 2.24) is 9.47 Å². The van der Waals surface area contributed by atoms with E-state index >= 15 is 0 Å². The van der Waals surface area contributed by atoms with Gasteiger partial charge in [0.05, 0.1) is 12.1 Å². The van der Waals surface area contributed by atoms with Crippen molar-refractivity contribution in [2.24, 2.45) is 12.5 Å². The van der Waals surface area contributed by atoms with E-state index in [0.29, 0.717) is 0 Å². The van der Waals surface area contributed by atoms with Crippen LogP contribution in [0.15, 0.2) is 35.1 Å². The van der Waals surface area contributed by atoms with E-state index in [1.165, 1.54) is 0 Å². The Hall–Kier alpha value is -2.14. The Labute approximate surface area is 146 Å². The summed E-state index contributed by atoms with van der Waals surface area (Å²) in [5, 5.41) is 10.8. The van der Waals surface area contributed by atoms with Crippen LogP contribution in [0, 0.1) is 5.41 Å². The van der Waals surface area contributed by atoms with Gasteiger partial charge in [-0.25, -0.2) is 0 Å².